The molecule has 0 amide bonds. The Balaban J connectivity index is 1.20. The van der Waals surface area contributed by atoms with Gasteiger partial charge in [0, 0.05) is 35.7 Å². The van der Waals surface area contributed by atoms with Crippen LogP contribution in [0.25, 0.3) is 77.6 Å². The van der Waals surface area contributed by atoms with E-state index in [1.54, 1.807) is 0 Å². The average Bonchev–Trinajstić information content (AvgIpc) is 3.46. The normalized spacial score (nSPS) is 13.3. The molecule has 3 heteroatoms. The Morgan fingerprint density at radius 3 is 1.71 bits per heavy atom. The molecule has 0 radical (unpaired) electrons. The van der Waals surface area contributed by atoms with Gasteiger partial charge in [0.1, 0.15) is 22.7 Å². The predicted molar refractivity (Wildman–Crippen MR) is 196 cm³/mol. The highest BCUT2D eigenvalue weighted by molar-refractivity contribution is 6.12. The summed E-state index contributed by atoms with van der Waals surface area (Å²) in [5, 5.41) is 2.22. The Morgan fingerprint density at radius 2 is 0.979 bits per heavy atom. The van der Waals surface area contributed by atoms with E-state index in [-0.39, 0.29) is 0 Å². The van der Waals surface area contributed by atoms with Crippen LogP contribution in [0.1, 0.15) is 13.8 Å². The van der Waals surface area contributed by atoms with Crippen molar-refractivity contribution in [2.24, 2.45) is 0 Å². The predicted octanol–water partition coefficient (Wildman–Crippen LogP) is 12.4. The largest absolute Gasteiger partial charge is 0.456 e. The van der Waals surface area contributed by atoms with Gasteiger partial charge in [-0.05, 0) is 99.1 Å². The van der Waals surface area contributed by atoms with Crippen LogP contribution >= 0.6 is 0 Å². The fourth-order valence-corrected chi connectivity index (χ4v) is 6.96. The molecular formula is C45H32O3. The quantitative estimate of drug-likeness (QED) is 0.196. The topological polar surface area (TPSA) is 31.6 Å². The Kier molecular flexibility index (Phi) is 6.48. The Bertz CT molecular complexity index is 2410. The highest BCUT2D eigenvalue weighted by Gasteiger charge is 2.30. The lowest BCUT2D eigenvalue weighted by Crippen LogP contribution is -2.34. The van der Waals surface area contributed by atoms with Gasteiger partial charge in [-0.3, -0.25) is 0 Å². The molecule has 0 atom stereocenters. The maximum atomic E-state index is 6.64. The van der Waals surface area contributed by atoms with E-state index in [1.807, 2.05) is 32.0 Å². The third kappa shape index (κ3) is 4.92. The first-order valence-electron chi connectivity index (χ1n) is 16.3. The fourth-order valence-electron chi connectivity index (χ4n) is 6.96. The van der Waals surface area contributed by atoms with Crippen molar-refractivity contribution in [1.82, 2.24) is 0 Å². The second kappa shape index (κ2) is 11.0. The van der Waals surface area contributed by atoms with Gasteiger partial charge in [0.05, 0.1) is 0 Å². The van der Waals surface area contributed by atoms with Crippen LogP contribution in [0.4, 0.5) is 0 Å². The van der Waals surface area contributed by atoms with Crippen molar-refractivity contribution >= 4 is 21.9 Å². The van der Waals surface area contributed by atoms with E-state index in [2.05, 4.69) is 140 Å². The number of ether oxygens (including phenoxy) is 2. The molecule has 9 rings (SSSR count). The Labute approximate surface area is 279 Å². The highest BCUT2D eigenvalue weighted by atomic mass is 16.7. The zero-order chi connectivity index (χ0) is 32.2. The summed E-state index contributed by atoms with van der Waals surface area (Å²) in [5.74, 6) is 0.700. The summed E-state index contributed by atoms with van der Waals surface area (Å²) in [6, 6.07) is 55.3. The van der Waals surface area contributed by atoms with E-state index in [1.165, 1.54) is 22.3 Å². The van der Waals surface area contributed by atoms with Crippen LogP contribution in [-0.2, 0) is 0 Å². The summed E-state index contributed by atoms with van der Waals surface area (Å²) in [5.41, 5.74) is 12.9. The molecule has 0 fully saturated rings. The SMILES string of the molecule is CC1(C)Oc2cc(-c3cc(-c4ccccc4)cc(-c4ccccc4)c3)ccc2-c2cc(-c3cccc4oc5ccccc5c34)ccc2O1. The van der Waals surface area contributed by atoms with Gasteiger partial charge >= 0.3 is 0 Å². The third-order valence-electron chi connectivity index (χ3n) is 9.16. The minimum atomic E-state index is -0.873. The van der Waals surface area contributed by atoms with Crippen LogP contribution < -0.4 is 9.47 Å². The first-order chi connectivity index (χ1) is 23.5. The van der Waals surface area contributed by atoms with E-state index in [0.717, 1.165) is 66.8 Å². The second-order valence-electron chi connectivity index (χ2n) is 12.8. The molecule has 0 N–H and O–H groups in total. The smallest absolute Gasteiger partial charge is 0.245 e. The maximum absolute atomic E-state index is 6.64. The van der Waals surface area contributed by atoms with E-state index in [9.17, 15) is 0 Å². The van der Waals surface area contributed by atoms with Crippen molar-refractivity contribution in [3.05, 3.63) is 158 Å². The third-order valence-corrected chi connectivity index (χ3v) is 9.16. The number of rotatable bonds is 4. The second-order valence-corrected chi connectivity index (χ2v) is 12.8. The first-order valence-corrected chi connectivity index (χ1v) is 16.3. The van der Waals surface area contributed by atoms with Crippen molar-refractivity contribution in [2.45, 2.75) is 19.6 Å². The van der Waals surface area contributed by atoms with Gasteiger partial charge < -0.3 is 13.9 Å². The van der Waals surface area contributed by atoms with E-state index < -0.39 is 5.79 Å². The molecule has 3 nitrogen and oxygen atoms in total. The molecule has 1 aliphatic heterocycles. The minimum absolute atomic E-state index is 0.784. The van der Waals surface area contributed by atoms with Gasteiger partial charge in [-0.2, -0.15) is 0 Å². The standard InChI is InChI=1S/C45H32O3/c1-45(2)47-41-23-21-32(36-17-11-19-42-44(36)38-16-9-10-18-40(38)46-42)27-39(41)37-22-20-31(28-43(37)48-45)35-25-33(29-12-5-3-6-13-29)24-34(26-35)30-14-7-4-8-15-30/h3-28H,1-2H3. The van der Waals surface area contributed by atoms with Gasteiger partial charge in [0.2, 0.25) is 5.79 Å². The highest BCUT2D eigenvalue weighted by Crippen LogP contribution is 2.47. The van der Waals surface area contributed by atoms with E-state index in [0.29, 0.717) is 0 Å². The molecule has 0 saturated carbocycles. The van der Waals surface area contributed by atoms with Crippen molar-refractivity contribution in [2.75, 3.05) is 0 Å². The Morgan fingerprint density at radius 1 is 0.375 bits per heavy atom. The molecule has 8 aromatic rings. The molecule has 230 valence electrons. The molecular weight excluding hydrogens is 588 g/mol. The van der Waals surface area contributed by atoms with Gasteiger partial charge in [0.15, 0.2) is 0 Å². The molecule has 0 saturated heterocycles. The van der Waals surface area contributed by atoms with Crippen LogP contribution in [0.3, 0.4) is 0 Å². The molecule has 48 heavy (non-hydrogen) atoms. The summed E-state index contributed by atoms with van der Waals surface area (Å²) in [6.45, 7) is 3.93. The molecule has 0 bridgehead atoms. The molecule has 1 aliphatic rings. The van der Waals surface area contributed by atoms with Gasteiger partial charge in [-0.15, -0.1) is 0 Å². The molecule has 0 unspecified atom stereocenters. The van der Waals surface area contributed by atoms with Crippen molar-refractivity contribution in [3.63, 3.8) is 0 Å². The Hall–Kier alpha value is -6.06. The van der Waals surface area contributed by atoms with E-state index >= 15 is 0 Å². The lowest BCUT2D eigenvalue weighted by atomic mass is 9.91. The van der Waals surface area contributed by atoms with Crippen molar-refractivity contribution in [1.29, 1.82) is 0 Å². The summed E-state index contributed by atoms with van der Waals surface area (Å²) < 4.78 is 19.4. The minimum Gasteiger partial charge on any atom is -0.456 e. The van der Waals surface area contributed by atoms with Crippen molar-refractivity contribution in [3.8, 4) is 67.1 Å². The lowest BCUT2D eigenvalue weighted by Gasteiger charge is -2.26. The monoisotopic (exact) mass is 620 g/mol. The number of hydrogen-bond donors (Lipinski definition) is 0. The molecule has 7 aromatic carbocycles. The summed E-state index contributed by atoms with van der Waals surface area (Å²) in [4.78, 5) is 0. The van der Waals surface area contributed by atoms with Gasteiger partial charge in [0.25, 0.3) is 0 Å². The van der Waals surface area contributed by atoms with Crippen LogP contribution in [0.15, 0.2) is 162 Å². The summed E-state index contributed by atoms with van der Waals surface area (Å²) >= 11 is 0. The summed E-state index contributed by atoms with van der Waals surface area (Å²) in [7, 11) is 0. The number of benzene rings is 7. The molecule has 0 aliphatic carbocycles. The number of para-hydroxylation sites is 1. The summed E-state index contributed by atoms with van der Waals surface area (Å²) in [6.07, 6.45) is 0. The average molecular weight is 621 g/mol. The number of fused-ring (bicyclic) bond motifs is 6. The zero-order valence-corrected chi connectivity index (χ0v) is 26.7. The van der Waals surface area contributed by atoms with Crippen molar-refractivity contribution < 1.29 is 13.9 Å². The molecule has 2 heterocycles. The maximum Gasteiger partial charge on any atom is 0.245 e. The van der Waals surface area contributed by atoms with Crippen LogP contribution in [0.2, 0.25) is 0 Å². The number of furan rings is 1. The molecule has 1 aromatic heterocycles. The molecule has 0 spiro atoms. The van der Waals surface area contributed by atoms with Crippen LogP contribution in [-0.4, -0.2) is 5.79 Å². The van der Waals surface area contributed by atoms with Crippen LogP contribution in [0.5, 0.6) is 11.5 Å². The van der Waals surface area contributed by atoms with Crippen LogP contribution in [0, 0.1) is 0 Å². The van der Waals surface area contributed by atoms with E-state index in [4.69, 9.17) is 13.9 Å². The zero-order valence-electron chi connectivity index (χ0n) is 26.7. The fraction of sp³-hybridized carbons (Fsp3) is 0.0667. The number of hydrogen-bond acceptors (Lipinski definition) is 3. The van der Waals surface area contributed by atoms with Gasteiger partial charge in [-0.25, -0.2) is 0 Å². The lowest BCUT2D eigenvalue weighted by molar-refractivity contribution is -0.0778. The first kappa shape index (κ1) is 28.2. The van der Waals surface area contributed by atoms with Gasteiger partial charge in [-0.1, -0.05) is 103 Å².